The lowest BCUT2D eigenvalue weighted by molar-refractivity contribution is 0.630. The van der Waals surface area contributed by atoms with Crippen molar-refractivity contribution in [2.75, 3.05) is 0 Å². The number of imidazole rings is 1. The number of aromatic nitrogens is 5. The van der Waals surface area contributed by atoms with Crippen molar-refractivity contribution in [3.8, 4) is 17.1 Å². The number of nitrogens with zero attached hydrogens (tertiary/aromatic N) is 4. The van der Waals surface area contributed by atoms with Crippen LogP contribution in [-0.2, 0) is 0 Å². The van der Waals surface area contributed by atoms with E-state index in [1.807, 2.05) is 28.8 Å². The SMILES string of the molecule is NC(c1nc2[nH]nc(-n3cncc3-c3ccccc3Cl)c2s1)C1CC1. The number of rotatable bonds is 4. The summed E-state index contributed by atoms with van der Waals surface area (Å²) in [7, 11) is 0. The second kappa shape index (κ2) is 5.66. The molecule has 0 amide bonds. The molecule has 0 spiro atoms. The van der Waals surface area contributed by atoms with E-state index in [-0.39, 0.29) is 6.04 Å². The molecule has 1 atom stereocenters. The smallest absolute Gasteiger partial charge is 0.180 e. The van der Waals surface area contributed by atoms with E-state index in [1.165, 1.54) is 12.8 Å². The van der Waals surface area contributed by atoms with Gasteiger partial charge >= 0.3 is 0 Å². The lowest BCUT2D eigenvalue weighted by atomic mass is 10.1. The summed E-state index contributed by atoms with van der Waals surface area (Å²) in [6.07, 6.45) is 5.92. The van der Waals surface area contributed by atoms with Gasteiger partial charge in [-0.25, -0.2) is 9.97 Å². The van der Waals surface area contributed by atoms with Crippen LogP contribution < -0.4 is 5.73 Å². The zero-order valence-electron chi connectivity index (χ0n) is 13.2. The van der Waals surface area contributed by atoms with Gasteiger partial charge in [0.05, 0.1) is 17.9 Å². The maximum Gasteiger partial charge on any atom is 0.180 e. The number of aromatic amines is 1. The van der Waals surface area contributed by atoms with Crippen LogP contribution in [0.2, 0.25) is 5.02 Å². The van der Waals surface area contributed by atoms with Gasteiger partial charge in [0.15, 0.2) is 11.5 Å². The Morgan fingerprint density at radius 1 is 1.32 bits per heavy atom. The van der Waals surface area contributed by atoms with E-state index >= 15 is 0 Å². The molecule has 1 aromatic carbocycles. The van der Waals surface area contributed by atoms with E-state index in [1.54, 1.807) is 23.9 Å². The molecule has 126 valence electrons. The van der Waals surface area contributed by atoms with Crippen LogP contribution in [0.3, 0.4) is 0 Å². The summed E-state index contributed by atoms with van der Waals surface area (Å²) in [6, 6.07) is 7.73. The summed E-state index contributed by atoms with van der Waals surface area (Å²) < 4.78 is 2.92. The number of benzene rings is 1. The van der Waals surface area contributed by atoms with Crippen molar-refractivity contribution in [2.24, 2.45) is 11.7 Å². The Morgan fingerprint density at radius 2 is 2.16 bits per heavy atom. The number of hydrogen-bond donors (Lipinski definition) is 2. The van der Waals surface area contributed by atoms with Crippen LogP contribution in [0.15, 0.2) is 36.8 Å². The van der Waals surface area contributed by atoms with Gasteiger partial charge in [-0.3, -0.25) is 9.67 Å². The third kappa shape index (κ3) is 2.47. The predicted molar refractivity (Wildman–Crippen MR) is 99.0 cm³/mol. The minimum Gasteiger partial charge on any atom is -0.322 e. The highest BCUT2D eigenvalue weighted by Gasteiger charge is 2.32. The zero-order valence-corrected chi connectivity index (χ0v) is 14.8. The van der Waals surface area contributed by atoms with Crippen LogP contribution in [0.1, 0.15) is 23.9 Å². The Morgan fingerprint density at radius 3 is 2.96 bits per heavy atom. The molecule has 1 aliphatic rings. The first kappa shape index (κ1) is 15.1. The first-order chi connectivity index (χ1) is 12.2. The fourth-order valence-corrected chi connectivity index (χ4v) is 4.35. The monoisotopic (exact) mass is 370 g/mol. The maximum absolute atomic E-state index is 6.36. The molecule has 4 aromatic rings. The lowest BCUT2D eigenvalue weighted by Crippen LogP contribution is -2.11. The Hall–Kier alpha value is -2.22. The third-order valence-electron chi connectivity index (χ3n) is 4.55. The fourth-order valence-electron chi connectivity index (χ4n) is 3.02. The van der Waals surface area contributed by atoms with E-state index < -0.39 is 0 Å². The quantitative estimate of drug-likeness (QED) is 0.569. The second-order valence-electron chi connectivity index (χ2n) is 6.27. The van der Waals surface area contributed by atoms with Crippen molar-refractivity contribution < 1.29 is 0 Å². The van der Waals surface area contributed by atoms with Gasteiger partial charge in [-0.05, 0) is 24.8 Å². The molecule has 0 radical (unpaired) electrons. The summed E-state index contributed by atoms with van der Waals surface area (Å²) in [5.41, 5.74) is 8.88. The largest absolute Gasteiger partial charge is 0.322 e. The molecule has 6 nitrogen and oxygen atoms in total. The molecule has 0 aliphatic heterocycles. The molecular weight excluding hydrogens is 356 g/mol. The Labute approximate surface area is 152 Å². The molecule has 0 bridgehead atoms. The predicted octanol–water partition coefficient (Wildman–Crippen LogP) is 3.94. The van der Waals surface area contributed by atoms with Crippen molar-refractivity contribution in [2.45, 2.75) is 18.9 Å². The molecule has 3 N–H and O–H groups in total. The topological polar surface area (TPSA) is 85.4 Å². The second-order valence-corrected chi connectivity index (χ2v) is 7.71. The van der Waals surface area contributed by atoms with Crippen molar-refractivity contribution in [3.63, 3.8) is 0 Å². The summed E-state index contributed by atoms with van der Waals surface area (Å²) in [5, 5.41) is 9.10. The van der Waals surface area contributed by atoms with E-state index in [0.29, 0.717) is 10.9 Å². The molecule has 5 rings (SSSR count). The number of halogens is 1. The van der Waals surface area contributed by atoms with E-state index in [4.69, 9.17) is 17.3 Å². The first-order valence-corrected chi connectivity index (χ1v) is 9.30. The van der Waals surface area contributed by atoms with Gasteiger partial charge in [0.25, 0.3) is 0 Å². The Kier molecular flexibility index (Phi) is 3.41. The van der Waals surface area contributed by atoms with Crippen LogP contribution >= 0.6 is 22.9 Å². The fraction of sp³-hybridized carbons (Fsp3) is 0.235. The summed E-state index contributed by atoms with van der Waals surface area (Å²) in [6.45, 7) is 0. The van der Waals surface area contributed by atoms with Crippen molar-refractivity contribution in [1.82, 2.24) is 24.7 Å². The molecule has 0 saturated heterocycles. The van der Waals surface area contributed by atoms with E-state index in [0.717, 1.165) is 32.4 Å². The van der Waals surface area contributed by atoms with Gasteiger partial charge in [-0.1, -0.05) is 29.8 Å². The summed E-state index contributed by atoms with van der Waals surface area (Å²) in [4.78, 5) is 8.93. The number of hydrogen-bond acceptors (Lipinski definition) is 5. The molecular formula is C17H15ClN6S. The third-order valence-corrected chi connectivity index (χ3v) is 6.03. The number of H-pyrrole nitrogens is 1. The van der Waals surface area contributed by atoms with Crippen LogP contribution in [0.25, 0.3) is 27.4 Å². The van der Waals surface area contributed by atoms with Crippen LogP contribution in [0.4, 0.5) is 0 Å². The highest BCUT2D eigenvalue weighted by atomic mass is 35.5. The molecule has 8 heteroatoms. The lowest BCUT2D eigenvalue weighted by Gasteiger charge is -2.07. The number of nitrogens with two attached hydrogens (primary N) is 1. The maximum atomic E-state index is 6.36. The van der Waals surface area contributed by atoms with Gasteiger partial charge in [-0.15, -0.1) is 11.3 Å². The van der Waals surface area contributed by atoms with Gasteiger partial charge < -0.3 is 5.73 Å². The Bertz CT molecular complexity index is 1060. The summed E-state index contributed by atoms with van der Waals surface area (Å²) in [5.74, 6) is 1.34. The standard InChI is InChI=1S/C17H15ClN6S/c18-11-4-2-1-3-10(11)12-7-20-8-24(12)16-14-15(22-23-16)21-17(25-14)13(19)9-5-6-9/h1-4,7-9,13H,5-6,19H2,(H,22,23). The average Bonchev–Trinajstić information content (AvgIpc) is 3.03. The van der Waals surface area contributed by atoms with Gasteiger partial charge in [0.2, 0.25) is 0 Å². The van der Waals surface area contributed by atoms with Crippen LogP contribution in [0, 0.1) is 5.92 Å². The molecule has 3 aromatic heterocycles. The van der Waals surface area contributed by atoms with E-state index in [9.17, 15) is 0 Å². The molecule has 1 aliphatic carbocycles. The van der Waals surface area contributed by atoms with Gasteiger partial charge in [0.1, 0.15) is 16.0 Å². The molecule has 3 heterocycles. The average molecular weight is 371 g/mol. The van der Waals surface area contributed by atoms with Crippen LogP contribution in [0.5, 0.6) is 0 Å². The minimum absolute atomic E-state index is 0.0180. The Balaban J connectivity index is 1.63. The molecule has 25 heavy (non-hydrogen) atoms. The van der Waals surface area contributed by atoms with Crippen molar-refractivity contribution >= 4 is 33.3 Å². The number of thiazole rings is 1. The molecule has 1 saturated carbocycles. The molecule has 1 unspecified atom stereocenters. The van der Waals surface area contributed by atoms with E-state index in [2.05, 4.69) is 20.2 Å². The minimum atomic E-state index is 0.0180. The number of nitrogens with one attached hydrogen (secondary N) is 1. The normalized spacial score (nSPS) is 15.8. The summed E-state index contributed by atoms with van der Waals surface area (Å²) >= 11 is 7.96. The first-order valence-electron chi connectivity index (χ1n) is 8.10. The van der Waals surface area contributed by atoms with Crippen LogP contribution in [-0.4, -0.2) is 24.7 Å². The van der Waals surface area contributed by atoms with Crippen molar-refractivity contribution in [3.05, 3.63) is 46.8 Å². The molecule has 1 fully saturated rings. The van der Waals surface area contributed by atoms with Gasteiger partial charge in [-0.2, -0.15) is 5.10 Å². The highest BCUT2D eigenvalue weighted by molar-refractivity contribution is 7.19. The van der Waals surface area contributed by atoms with Crippen molar-refractivity contribution in [1.29, 1.82) is 0 Å². The zero-order chi connectivity index (χ0) is 17.0. The van der Waals surface area contributed by atoms with Gasteiger partial charge in [0, 0.05) is 10.6 Å². The highest BCUT2D eigenvalue weighted by Crippen LogP contribution is 2.42. The number of fused-ring (bicyclic) bond motifs is 1.